The Bertz CT molecular complexity index is 536. The van der Waals surface area contributed by atoms with Crippen LogP contribution >= 0.6 is 0 Å². The SMILES string of the molecule is CCCCC1COC(C2CCCCC2CCC)CO1.c1cc2ccc1=2. The van der Waals surface area contributed by atoms with Crippen LogP contribution in [-0.4, -0.2) is 25.4 Å². The van der Waals surface area contributed by atoms with Crippen LogP contribution in [0.2, 0.25) is 0 Å². The second-order valence-corrected chi connectivity index (χ2v) is 8.04. The van der Waals surface area contributed by atoms with Gasteiger partial charge in [-0.1, -0.05) is 83.1 Å². The van der Waals surface area contributed by atoms with Crippen molar-refractivity contribution in [3.8, 4) is 0 Å². The summed E-state index contributed by atoms with van der Waals surface area (Å²) in [6.07, 6.45) is 12.7. The Labute approximate surface area is 153 Å². The van der Waals surface area contributed by atoms with Crippen LogP contribution in [0.4, 0.5) is 0 Å². The monoisotopic (exact) mass is 344 g/mol. The molecule has 4 rings (SSSR count). The summed E-state index contributed by atoms with van der Waals surface area (Å²) < 4.78 is 12.2. The lowest BCUT2D eigenvalue weighted by Gasteiger charge is -2.40. The molecule has 4 atom stereocenters. The normalized spacial score (nSPS) is 30.3. The van der Waals surface area contributed by atoms with E-state index >= 15 is 0 Å². The van der Waals surface area contributed by atoms with Crippen LogP contribution in [0.25, 0.3) is 0 Å². The molecule has 0 aromatic rings. The first kappa shape index (κ1) is 18.9. The highest BCUT2D eigenvalue weighted by Gasteiger charge is 2.34. The molecule has 140 valence electrons. The lowest BCUT2D eigenvalue weighted by Crippen LogP contribution is -2.43. The molecule has 1 saturated heterocycles. The maximum absolute atomic E-state index is 6.18. The Morgan fingerprint density at radius 3 is 2.08 bits per heavy atom. The maximum Gasteiger partial charge on any atom is 0.0840 e. The van der Waals surface area contributed by atoms with Gasteiger partial charge in [-0.05, 0) is 35.1 Å². The molecule has 2 heteroatoms. The predicted octanol–water partition coefficient (Wildman–Crippen LogP) is 5.85. The van der Waals surface area contributed by atoms with Gasteiger partial charge in [-0.2, -0.15) is 0 Å². The van der Waals surface area contributed by atoms with Crippen LogP contribution in [0.15, 0.2) is 24.3 Å². The average Bonchev–Trinajstić information content (AvgIpc) is 2.65. The van der Waals surface area contributed by atoms with E-state index in [0.29, 0.717) is 12.2 Å². The molecule has 2 fully saturated rings. The highest BCUT2D eigenvalue weighted by atomic mass is 16.6. The topological polar surface area (TPSA) is 18.5 Å². The van der Waals surface area contributed by atoms with E-state index in [1.165, 1.54) is 68.2 Å². The third kappa shape index (κ3) is 5.08. The molecule has 25 heavy (non-hydrogen) atoms. The van der Waals surface area contributed by atoms with Gasteiger partial charge >= 0.3 is 0 Å². The average molecular weight is 345 g/mol. The minimum Gasteiger partial charge on any atom is -0.373 e. The number of ether oxygens (including phenoxy) is 2. The zero-order valence-electron chi connectivity index (χ0n) is 16.2. The van der Waals surface area contributed by atoms with Crippen molar-refractivity contribution >= 4 is 0 Å². The minimum atomic E-state index is 0.365. The van der Waals surface area contributed by atoms with E-state index in [2.05, 4.69) is 38.1 Å². The first-order valence-electron chi connectivity index (χ1n) is 10.7. The van der Waals surface area contributed by atoms with E-state index in [-0.39, 0.29) is 0 Å². The van der Waals surface area contributed by atoms with Gasteiger partial charge in [0.1, 0.15) is 0 Å². The van der Waals surface area contributed by atoms with Crippen LogP contribution in [0.3, 0.4) is 0 Å². The number of hydrogen-bond acceptors (Lipinski definition) is 2. The molecule has 0 aromatic carbocycles. The third-order valence-corrected chi connectivity index (χ3v) is 6.20. The molecule has 0 radical (unpaired) electrons. The fourth-order valence-electron chi connectivity index (χ4n) is 4.52. The molecule has 0 amide bonds. The fraction of sp³-hybridized carbons (Fsp3) is 0.739. The van der Waals surface area contributed by atoms with Gasteiger partial charge in [0.05, 0.1) is 25.4 Å². The lowest BCUT2D eigenvalue weighted by molar-refractivity contribution is -0.163. The molecule has 0 N–H and O–H groups in total. The first-order chi connectivity index (χ1) is 12.3. The summed E-state index contributed by atoms with van der Waals surface area (Å²) >= 11 is 0. The van der Waals surface area contributed by atoms with Gasteiger partial charge in [0.25, 0.3) is 0 Å². The molecule has 0 bridgehead atoms. The van der Waals surface area contributed by atoms with Crippen LogP contribution < -0.4 is 0 Å². The minimum absolute atomic E-state index is 0.365. The van der Waals surface area contributed by atoms with Crippen molar-refractivity contribution in [3.05, 3.63) is 34.7 Å². The molecular formula is C23H36O2. The Kier molecular flexibility index (Phi) is 7.36. The fourth-order valence-corrected chi connectivity index (χ4v) is 4.52. The summed E-state index contributed by atoms with van der Waals surface area (Å²) in [6, 6.07) is 8.48. The Morgan fingerprint density at radius 2 is 1.56 bits per heavy atom. The van der Waals surface area contributed by atoms with Crippen LogP contribution in [-0.2, 0) is 9.47 Å². The second-order valence-electron chi connectivity index (χ2n) is 8.04. The summed E-state index contributed by atoms with van der Waals surface area (Å²) in [5.74, 6) is 1.65. The number of rotatable bonds is 6. The molecule has 0 spiro atoms. The van der Waals surface area contributed by atoms with Crippen LogP contribution in [0.1, 0.15) is 71.6 Å². The van der Waals surface area contributed by atoms with Crippen molar-refractivity contribution in [2.45, 2.75) is 83.8 Å². The summed E-state index contributed by atoms with van der Waals surface area (Å²) in [5, 5.41) is 2.85. The van der Waals surface area contributed by atoms with Crippen molar-refractivity contribution in [2.24, 2.45) is 11.8 Å². The first-order valence-corrected chi connectivity index (χ1v) is 10.7. The Hall–Kier alpha value is -0.860. The van der Waals surface area contributed by atoms with Crippen molar-refractivity contribution in [2.75, 3.05) is 13.2 Å². The van der Waals surface area contributed by atoms with Crippen LogP contribution in [0, 0.1) is 22.3 Å². The van der Waals surface area contributed by atoms with Gasteiger partial charge in [0, 0.05) is 0 Å². The molecule has 1 heterocycles. The summed E-state index contributed by atoms with van der Waals surface area (Å²) in [4.78, 5) is 0. The van der Waals surface area contributed by atoms with Gasteiger partial charge in [-0.15, -0.1) is 0 Å². The highest BCUT2D eigenvalue weighted by molar-refractivity contribution is 5.22. The van der Waals surface area contributed by atoms with Crippen molar-refractivity contribution < 1.29 is 9.47 Å². The summed E-state index contributed by atoms with van der Waals surface area (Å²) in [5.41, 5.74) is 0. The van der Waals surface area contributed by atoms with Gasteiger partial charge in [0.15, 0.2) is 0 Å². The Morgan fingerprint density at radius 1 is 0.840 bits per heavy atom. The van der Waals surface area contributed by atoms with Gasteiger partial charge in [-0.25, -0.2) is 0 Å². The lowest BCUT2D eigenvalue weighted by atomic mass is 9.74. The van der Waals surface area contributed by atoms with E-state index in [4.69, 9.17) is 9.47 Å². The predicted molar refractivity (Wildman–Crippen MR) is 103 cm³/mol. The second kappa shape index (κ2) is 9.73. The van der Waals surface area contributed by atoms with Crippen molar-refractivity contribution in [1.82, 2.24) is 0 Å². The summed E-state index contributed by atoms with van der Waals surface area (Å²) in [6.45, 7) is 6.23. The summed E-state index contributed by atoms with van der Waals surface area (Å²) in [7, 11) is 0. The molecule has 0 aromatic heterocycles. The van der Waals surface area contributed by atoms with Crippen molar-refractivity contribution in [1.29, 1.82) is 0 Å². The molecule has 4 aliphatic rings. The van der Waals surface area contributed by atoms with Gasteiger partial charge in [0.2, 0.25) is 0 Å². The quantitative estimate of drug-likeness (QED) is 0.654. The van der Waals surface area contributed by atoms with Gasteiger partial charge in [-0.3, -0.25) is 0 Å². The molecule has 4 unspecified atom stereocenters. The largest absolute Gasteiger partial charge is 0.373 e. The zero-order chi connectivity index (χ0) is 17.5. The van der Waals surface area contributed by atoms with E-state index in [1.54, 1.807) is 0 Å². The molecule has 2 nitrogen and oxygen atoms in total. The number of benzene rings is 1. The van der Waals surface area contributed by atoms with E-state index < -0.39 is 0 Å². The Balaban J connectivity index is 0.000000250. The third-order valence-electron chi connectivity index (χ3n) is 6.20. The van der Waals surface area contributed by atoms with Crippen molar-refractivity contribution in [3.63, 3.8) is 0 Å². The maximum atomic E-state index is 6.18. The number of unbranched alkanes of at least 4 members (excludes halogenated alkanes) is 1. The standard InChI is InChI=1S/C17H32O2.C6H4/c1-3-5-10-15-12-19-17(13-18-15)16-11-7-6-9-14(16)8-4-2;1-2-6-4-3-5(1)6/h14-17H,3-13H2,1-2H3;1-4H. The van der Waals surface area contributed by atoms with Gasteiger partial charge < -0.3 is 9.47 Å². The molecular weight excluding hydrogens is 308 g/mol. The number of hydrogen-bond donors (Lipinski definition) is 0. The van der Waals surface area contributed by atoms with E-state index in [1.807, 2.05) is 0 Å². The highest BCUT2D eigenvalue weighted by Crippen LogP contribution is 2.37. The smallest absolute Gasteiger partial charge is 0.0840 e. The van der Waals surface area contributed by atoms with E-state index in [9.17, 15) is 0 Å². The van der Waals surface area contributed by atoms with Crippen LogP contribution in [0.5, 0.6) is 0 Å². The molecule has 1 saturated carbocycles. The molecule has 3 aliphatic carbocycles. The zero-order valence-corrected chi connectivity index (χ0v) is 16.2. The molecule has 1 aliphatic heterocycles. The van der Waals surface area contributed by atoms with E-state index in [0.717, 1.165) is 25.0 Å².